The van der Waals surface area contributed by atoms with Crippen molar-refractivity contribution in [2.45, 2.75) is 51.7 Å². The lowest BCUT2D eigenvalue weighted by atomic mass is 10.2. The summed E-state index contributed by atoms with van der Waals surface area (Å²) >= 11 is 0. The normalized spacial score (nSPS) is 25.1. The lowest BCUT2D eigenvalue weighted by Crippen LogP contribution is -2.38. The van der Waals surface area contributed by atoms with Gasteiger partial charge in [-0.15, -0.1) is 0 Å². The summed E-state index contributed by atoms with van der Waals surface area (Å²) in [5.74, 6) is 0.786. The Balaban J connectivity index is 1.55. The van der Waals surface area contributed by atoms with E-state index < -0.39 is 0 Å². The van der Waals surface area contributed by atoms with E-state index in [4.69, 9.17) is 4.74 Å². The molecule has 2 fully saturated rings. The maximum absolute atomic E-state index is 5.61. The van der Waals surface area contributed by atoms with E-state index in [2.05, 4.69) is 24.1 Å². The van der Waals surface area contributed by atoms with Gasteiger partial charge in [0.25, 0.3) is 0 Å². The standard InChI is InChI=1S/C14H28N2O/c1-12(2)11-16(13-5-6-13)8-7-15-10-14-4-3-9-17-14/h12-15H,3-11H2,1-2H3. The van der Waals surface area contributed by atoms with Gasteiger partial charge in [0.1, 0.15) is 0 Å². The maximum atomic E-state index is 5.61. The first-order valence-corrected chi connectivity index (χ1v) is 7.32. The van der Waals surface area contributed by atoms with E-state index in [9.17, 15) is 0 Å². The first-order chi connectivity index (χ1) is 8.25. The molecule has 1 unspecified atom stereocenters. The number of nitrogens with zero attached hydrogens (tertiary/aromatic N) is 1. The summed E-state index contributed by atoms with van der Waals surface area (Å²) in [4.78, 5) is 2.66. The number of rotatable bonds is 8. The van der Waals surface area contributed by atoms with Crippen molar-refractivity contribution in [3.8, 4) is 0 Å². The van der Waals surface area contributed by atoms with Crippen LogP contribution in [0.3, 0.4) is 0 Å². The third-order valence-electron chi connectivity index (χ3n) is 3.63. The molecule has 0 aromatic heterocycles. The molecule has 1 heterocycles. The maximum Gasteiger partial charge on any atom is 0.0700 e. The second-order valence-electron chi connectivity index (χ2n) is 5.96. The van der Waals surface area contributed by atoms with Crippen LogP contribution >= 0.6 is 0 Å². The van der Waals surface area contributed by atoms with Gasteiger partial charge in [-0.25, -0.2) is 0 Å². The highest BCUT2D eigenvalue weighted by Crippen LogP contribution is 2.27. The molecule has 1 aliphatic carbocycles. The van der Waals surface area contributed by atoms with Crippen LogP contribution in [0.2, 0.25) is 0 Å². The smallest absolute Gasteiger partial charge is 0.0700 e. The van der Waals surface area contributed by atoms with Crippen molar-refractivity contribution in [1.82, 2.24) is 10.2 Å². The molecule has 3 nitrogen and oxygen atoms in total. The van der Waals surface area contributed by atoms with Gasteiger partial charge in [-0.2, -0.15) is 0 Å². The van der Waals surface area contributed by atoms with Crippen LogP contribution in [0.4, 0.5) is 0 Å². The van der Waals surface area contributed by atoms with Crippen LogP contribution in [-0.2, 0) is 4.74 Å². The quantitative estimate of drug-likeness (QED) is 0.656. The summed E-state index contributed by atoms with van der Waals surface area (Å²) in [6, 6.07) is 0.891. The molecule has 0 aromatic rings. The van der Waals surface area contributed by atoms with Gasteiger partial charge in [0.15, 0.2) is 0 Å². The minimum atomic E-state index is 0.481. The second-order valence-corrected chi connectivity index (χ2v) is 5.96. The fourth-order valence-corrected chi connectivity index (χ4v) is 2.62. The number of hydrogen-bond donors (Lipinski definition) is 1. The third-order valence-corrected chi connectivity index (χ3v) is 3.63. The van der Waals surface area contributed by atoms with Crippen LogP contribution < -0.4 is 5.32 Å². The Labute approximate surface area is 106 Å². The van der Waals surface area contributed by atoms with E-state index in [0.29, 0.717) is 6.10 Å². The summed E-state index contributed by atoms with van der Waals surface area (Å²) in [6.07, 6.45) is 5.80. The molecule has 3 heteroatoms. The van der Waals surface area contributed by atoms with Crippen molar-refractivity contribution >= 4 is 0 Å². The Bertz CT molecular complexity index is 210. The molecule has 1 aliphatic heterocycles. The Hall–Kier alpha value is -0.120. The van der Waals surface area contributed by atoms with Crippen LogP contribution in [-0.4, -0.2) is 49.8 Å². The molecule has 0 radical (unpaired) electrons. The predicted molar refractivity (Wildman–Crippen MR) is 71.3 cm³/mol. The molecule has 1 N–H and O–H groups in total. The summed E-state index contributed by atoms with van der Waals surface area (Å²) in [6.45, 7) is 10.2. The van der Waals surface area contributed by atoms with Gasteiger partial charge >= 0.3 is 0 Å². The second kappa shape index (κ2) is 6.72. The zero-order valence-corrected chi connectivity index (χ0v) is 11.5. The van der Waals surface area contributed by atoms with E-state index in [1.807, 2.05) is 0 Å². The Morgan fingerprint density at radius 1 is 1.29 bits per heavy atom. The Kier molecular flexibility index (Phi) is 5.26. The van der Waals surface area contributed by atoms with Crippen LogP contribution in [0.1, 0.15) is 39.5 Å². The molecular weight excluding hydrogens is 212 g/mol. The van der Waals surface area contributed by atoms with E-state index >= 15 is 0 Å². The van der Waals surface area contributed by atoms with Gasteiger partial charge < -0.3 is 10.1 Å². The van der Waals surface area contributed by atoms with Gasteiger partial charge in [-0.3, -0.25) is 4.90 Å². The zero-order chi connectivity index (χ0) is 12.1. The highest BCUT2D eigenvalue weighted by Gasteiger charge is 2.28. The van der Waals surface area contributed by atoms with Gasteiger partial charge in [0.2, 0.25) is 0 Å². The fourth-order valence-electron chi connectivity index (χ4n) is 2.62. The molecule has 1 atom stereocenters. The van der Waals surface area contributed by atoms with E-state index in [1.54, 1.807) is 0 Å². The largest absolute Gasteiger partial charge is 0.377 e. The fraction of sp³-hybridized carbons (Fsp3) is 1.00. The average Bonchev–Trinajstić information content (AvgIpc) is 3.00. The summed E-state index contributed by atoms with van der Waals surface area (Å²) in [5, 5.41) is 3.55. The Morgan fingerprint density at radius 3 is 2.71 bits per heavy atom. The number of hydrogen-bond acceptors (Lipinski definition) is 3. The highest BCUT2D eigenvalue weighted by molar-refractivity contribution is 4.85. The average molecular weight is 240 g/mol. The molecule has 0 spiro atoms. The molecule has 1 saturated heterocycles. The van der Waals surface area contributed by atoms with Gasteiger partial charge in [-0.1, -0.05) is 13.8 Å². The summed E-state index contributed by atoms with van der Waals surface area (Å²) in [7, 11) is 0. The van der Waals surface area contributed by atoms with Crippen molar-refractivity contribution in [2.75, 3.05) is 32.8 Å². The predicted octanol–water partition coefficient (Wildman–Crippen LogP) is 1.88. The molecule has 0 bridgehead atoms. The summed E-state index contributed by atoms with van der Waals surface area (Å²) < 4.78 is 5.61. The van der Waals surface area contributed by atoms with Crippen LogP contribution in [0.15, 0.2) is 0 Å². The molecule has 2 rings (SSSR count). The van der Waals surface area contributed by atoms with Gasteiger partial charge in [0.05, 0.1) is 6.10 Å². The van der Waals surface area contributed by atoms with Crippen molar-refractivity contribution in [2.24, 2.45) is 5.92 Å². The number of ether oxygens (including phenoxy) is 1. The minimum Gasteiger partial charge on any atom is -0.377 e. The van der Waals surface area contributed by atoms with E-state index in [1.165, 1.54) is 38.8 Å². The van der Waals surface area contributed by atoms with Crippen LogP contribution in [0.5, 0.6) is 0 Å². The molecule has 0 aromatic carbocycles. The first-order valence-electron chi connectivity index (χ1n) is 7.32. The van der Waals surface area contributed by atoms with Crippen molar-refractivity contribution in [1.29, 1.82) is 0 Å². The third kappa shape index (κ3) is 4.94. The molecular formula is C14H28N2O. The van der Waals surface area contributed by atoms with Crippen LogP contribution in [0.25, 0.3) is 0 Å². The lowest BCUT2D eigenvalue weighted by molar-refractivity contribution is 0.109. The van der Waals surface area contributed by atoms with Crippen LogP contribution in [0, 0.1) is 5.92 Å². The number of nitrogens with one attached hydrogen (secondary N) is 1. The van der Waals surface area contributed by atoms with Gasteiger partial charge in [-0.05, 0) is 31.6 Å². The zero-order valence-electron chi connectivity index (χ0n) is 11.5. The van der Waals surface area contributed by atoms with E-state index in [-0.39, 0.29) is 0 Å². The topological polar surface area (TPSA) is 24.5 Å². The molecule has 100 valence electrons. The highest BCUT2D eigenvalue weighted by atomic mass is 16.5. The van der Waals surface area contributed by atoms with Crippen molar-refractivity contribution in [3.63, 3.8) is 0 Å². The van der Waals surface area contributed by atoms with Gasteiger partial charge in [0, 0.05) is 38.8 Å². The first kappa shape index (κ1) is 13.3. The Morgan fingerprint density at radius 2 is 2.12 bits per heavy atom. The lowest BCUT2D eigenvalue weighted by Gasteiger charge is -2.24. The monoisotopic (exact) mass is 240 g/mol. The molecule has 1 saturated carbocycles. The van der Waals surface area contributed by atoms with Crippen molar-refractivity contribution in [3.05, 3.63) is 0 Å². The van der Waals surface area contributed by atoms with E-state index in [0.717, 1.165) is 31.7 Å². The SMILES string of the molecule is CC(C)CN(CCNCC1CCCO1)C1CC1. The minimum absolute atomic E-state index is 0.481. The molecule has 0 amide bonds. The molecule has 17 heavy (non-hydrogen) atoms. The summed E-state index contributed by atoms with van der Waals surface area (Å²) in [5.41, 5.74) is 0. The molecule has 2 aliphatic rings. The van der Waals surface area contributed by atoms with Crippen molar-refractivity contribution < 1.29 is 4.74 Å².